The molecular formula is C24H28IN5. The third-order valence-corrected chi connectivity index (χ3v) is 5.23. The summed E-state index contributed by atoms with van der Waals surface area (Å²) in [4.78, 5) is 10.9. The topological polar surface area (TPSA) is 45.5 Å². The van der Waals surface area contributed by atoms with Crippen LogP contribution in [0.2, 0.25) is 0 Å². The molecule has 0 saturated carbocycles. The fourth-order valence-corrected chi connectivity index (χ4v) is 3.72. The van der Waals surface area contributed by atoms with Crippen molar-refractivity contribution in [2.24, 2.45) is 4.99 Å². The minimum absolute atomic E-state index is 0. The summed E-state index contributed by atoms with van der Waals surface area (Å²) in [7, 11) is 1.86. The summed E-state index contributed by atoms with van der Waals surface area (Å²) < 4.78 is 2.08. The molecule has 5 nitrogen and oxygen atoms in total. The van der Waals surface area contributed by atoms with Crippen LogP contribution in [0.3, 0.4) is 0 Å². The van der Waals surface area contributed by atoms with Crippen LogP contribution in [0.25, 0.3) is 5.57 Å². The Bertz CT molecular complexity index is 980. The minimum Gasteiger partial charge on any atom is -0.352 e. The predicted octanol–water partition coefficient (Wildman–Crippen LogP) is 4.41. The average molecular weight is 513 g/mol. The summed E-state index contributed by atoms with van der Waals surface area (Å²) in [5, 5.41) is 3.52. The Labute approximate surface area is 195 Å². The molecule has 1 aliphatic rings. The van der Waals surface area contributed by atoms with E-state index in [1.807, 2.05) is 25.8 Å². The molecule has 1 N–H and O–H groups in total. The van der Waals surface area contributed by atoms with Gasteiger partial charge in [0, 0.05) is 45.6 Å². The van der Waals surface area contributed by atoms with Crippen molar-refractivity contribution in [1.29, 1.82) is 0 Å². The number of imidazole rings is 1. The van der Waals surface area contributed by atoms with E-state index in [0.717, 1.165) is 38.6 Å². The Morgan fingerprint density at radius 2 is 1.93 bits per heavy atom. The van der Waals surface area contributed by atoms with Crippen LogP contribution in [0.15, 0.2) is 84.4 Å². The van der Waals surface area contributed by atoms with Crippen molar-refractivity contribution >= 4 is 35.5 Å². The standard InChI is InChI=1S/C24H27N5.HI/c1-25-24(29-13-10-23(11-14-29)22-8-3-2-4-9-22)27-17-20-6-5-7-21(16-20)18-28-15-12-26-19-28;/h2-10,12,15-16,19H,11,13-14,17-18H2,1H3,(H,25,27);1H. The van der Waals surface area contributed by atoms with Crippen LogP contribution >= 0.6 is 24.0 Å². The van der Waals surface area contributed by atoms with Crippen molar-refractivity contribution in [1.82, 2.24) is 19.8 Å². The van der Waals surface area contributed by atoms with E-state index in [4.69, 9.17) is 0 Å². The van der Waals surface area contributed by atoms with Gasteiger partial charge in [0.05, 0.1) is 6.33 Å². The van der Waals surface area contributed by atoms with Gasteiger partial charge in [-0.25, -0.2) is 4.98 Å². The molecule has 0 fully saturated rings. The second-order valence-corrected chi connectivity index (χ2v) is 7.25. The van der Waals surface area contributed by atoms with Crippen LogP contribution in [-0.2, 0) is 13.1 Å². The lowest BCUT2D eigenvalue weighted by Crippen LogP contribution is -2.43. The molecule has 0 unspecified atom stereocenters. The summed E-state index contributed by atoms with van der Waals surface area (Å²) >= 11 is 0. The number of benzene rings is 2. The molecule has 2 aromatic carbocycles. The summed E-state index contributed by atoms with van der Waals surface area (Å²) in [6.07, 6.45) is 8.99. The van der Waals surface area contributed by atoms with Gasteiger partial charge in [0.25, 0.3) is 0 Å². The smallest absolute Gasteiger partial charge is 0.194 e. The number of aliphatic imine (C=N–C) groups is 1. The maximum atomic E-state index is 4.50. The van der Waals surface area contributed by atoms with Gasteiger partial charge in [-0.05, 0) is 28.7 Å². The van der Waals surface area contributed by atoms with Crippen molar-refractivity contribution in [2.45, 2.75) is 19.5 Å². The van der Waals surface area contributed by atoms with Gasteiger partial charge in [-0.1, -0.05) is 60.7 Å². The summed E-state index contributed by atoms with van der Waals surface area (Å²) in [5.74, 6) is 0.952. The molecule has 30 heavy (non-hydrogen) atoms. The van der Waals surface area contributed by atoms with E-state index in [-0.39, 0.29) is 24.0 Å². The Balaban J connectivity index is 0.00000256. The summed E-state index contributed by atoms with van der Waals surface area (Å²) in [6, 6.07) is 19.3. The number of hydrogen-bond acceptors (Lipinski definition) is 2. The molecule has 0 atom stereocenters. The second kappa shape index (κ2) is 11.0. The molecule has 6 heteroatoms. The van der Waals surface area contributed by atoms with E-state index < -0.39 is 0 Å². The lowest BCUT2D eigenvalue weighted by Gasteiger charge is -2.30. The third-order valence-electron chi connectivity index (χ3n) is 5.23. The lowest BCUT2D eigenvalue weighted by molar-refractivity contribution is 0.440. The van der Waals surface area contributed by atoms with Crippen LogP contribution in [0.4, 0.5) is 0 Å². The number of nitrogens with one attached hydrogen (secondary N) is 1. The zero-order chi connectivity index (χ0) is 19.9. The molecule has 0 bridgehead atoms. The van der Waals surface area contributed by atoms with E-state index in [2.05, 4.69) is 85.4 Å². The normalized spacial score (nSPS) is 14.1. The number of nitrogens with zero attached hydrogens (tertiary/aromatic N) is 4. The van der Waals surface area contributed by atoms with Gasteiger partial charge in [-0.3, -0.25) is 4.99 Å². The first kappa shape index (κ1) is 22.1. The van der Waals surface area contributed by atoms with Crippen LogP contribution < -0.4 is 5.32 Å². The van der Waals surface area contributed by atoms with Crippen molar-refractivity contribution in [2.75, 3.05) is 20.1 Å². The van der Waals surface area contributed by atoms with Crippen LogP contribution in [0.5, 0.6) is 0 Å². The molecule has 3 aromatic rings. The van der Waals surface area contributed by atoms with E-state index in [1.165, 1.54) is 22.3 Å². The fourth-order valence-electron chi connectivity index (χ4n) is 3.72. The van der Waals surface area contributed by atoms with Crippen LogP contribution in [-0.4, -0.2) is 40.5 Å². The molecule has 0 aliphatic carbocycles. The Morgan fingerprint density at radius 1 is 1.10 bits per heavy atom. The number of halogens is 1. The van der Waals surface area contributed by atoms with E-state index >= 15 is 0 Å². The SMILES string of the molecule is CN=C(NCc1cccc(Cn2ccnc2)c1)N1CC=C(c2ccccc2)CC1.I. The average Bonchev–Trinajstić information content (AvgIpc) is 3.29. The summed E-state index contributed by atoms with van der Waals surface area (Å²) in [5.41, 5.74) is 5.27. The Kier molecular flexibility index (Phi) is 8.07. The molecule has 1 aromatic heterocycles. The van der Waals surface area contributed by atoms with E-state index in [0.29, 0.717) is 0 Å². The lowest BCUT2D eigenvalue weighted by atomic mass is 10.00. The van der Waals surface area contributed by atoms with Gasteiger partial charge < -0.3 is 14.8 Å². The van der Waals surface area contributed by atoms with E-state index in [1.54, 1.807) is 0 Å². The molecule has 1 aliphatic heterocycles. The number of guanidine groups is 1. The fraction of sp³-hybridized carbons (Fsp3) is 0.250. The van der Waals surface area contributed by atoms with Crippen molar-refractivity contribution in [3.63, 3.8) is 0 Å². The van der Waals surface area contributed by atoms with Gasteiger partial charge in [0.2, 0.25) is 0 Å². The quantitative estimate of drug-likeness (QED) is 0.312. The van der Waals surface area contributed by atoms with Gasteiger partial charge in [0.15, 0.2) is 5.96 Å². The predicted molar refractivity (Wildman–Crippen MR) is 134 cm³/mol. The number of hydrogen-bond donors (Lipinski definition) is 1. The molecule has 0 amide bonds. The van der Waals surface area contributed by atoms with Gasteiger partial charge in [0.1, 0.15) is 0 Å². The van der Waals surface area contributed by atoms with Gasteiger partial charge >= 0.3 is 0 Å². The first-order chi connectivity index (χ1) is 14.3. The Morgan fingerprint density at radius 3 is 2.63 bits per heavy atom. The highest BCUT2D eigenvalue weighted by Gasteiger charge is 2.16. The van der Waals surface area contributed by atoms with Crippen LogP contribution in [0, 0.1) is 0 Å². The highest BCUT2D eigenvalue weighted by atomic mass is 127. The molecule has 2 heterocycles. The number of rotatable bonds is 5. The first-order valence-electron chi connectivity index (χ1n) is 10.1. The molecule has 0 saturated heterocycles. The highest BCUT2D eigenvalue weighted by molar-refractivity contribution is 14.0. The van der Waals surface area contributed by atoms with Gasteiger partial charge in [-0.15, -0.1) is 24.0 Å². The molecule has 156 valence electrons. The molecule has 0 spiro atoms. The Hall–Kier alpha value is -2.61. The zero-order valence-electron chi connectivity index (χ0n) is 17.2. The highest BCUT2D eigenvalue weighted by Crippen LogP contribution is 2.22. The van der Waals surface area contributed by atoms with Crippen molar-refractivity contribution in [3.8, 4) is 0 Å². The number of aromatic nitrogens is 2. The second-order valence-electron chi connectivity index (χ2n) is 7.25. The largest absolute Gasteiger partial charge is 0.352 e. The zero-order valence-corrected chi connectivity index (χ0v) is 19.6. The minimum atomic E-state index is 0. The molecule has 4 rings (SSSR count). The van der Waals surface area contributed by atoms with Crippen molar-refractivity contribution in [3.05, 3.63) is 96.1 Å². The first-order valence-corrected chi connectivity index (χ1v) is 10.1. The molecular weight excluding hydrogens is 485 g/mol. The third kappa shape index (κ3) is 5.72. The molecule has 0 radical (unpaired) electrons. The van der Waals surface area contributed by atoms with E-state index in [9.17, 15) is 0 Å². The van der Waals surface area contributed by atoms with Gasteiger partial charge in [-0.2, -0.15) is 0 Å². The maximum Gasteiger partial charge on any atom is 0.194 e. The van der Waals surface area contributed by atoms with Crippen molar-refractivity contribution < 1.29 is 0 Å². The maximum absolute atomic E-state index is 4.50. The van der Waals surface area contributed by atoms with Crippen LogP contribution in [0.1, 0.15) is 23.1 Å². The summed E-state index contributed by atoms with van der Waals surface area (Å²) in [6.45, 7) is 3.45. The monoisotopic (exact) mass is 513 g/mol.